The van der Waals surface area contributed by atoms with Crippen LogP contribution < -0.4 is 14.8 Å². The molecule has 2 aromatic carbocycles. The molecule has 1 atom stereocenters. The molecule has 0 aromatic heterocycles. The van der Waals surface area contributed by atoms with Gasteiger partial charge >= 0.3 is 0 Å². The maximum atomic E-state index is 13.3. The Kier molecular flexibility index (Phi) is 7.87. The molecule has 0 bridgehead atoms. The van der Waals surface area contributed by atoms with E-state index in [1.165, 1.54) is 12.1 Å². The zero-order valence-corrected chi connectivity index (χ0v) is 18.0. The molecule has 1 aliphatic rings. The number of hydrogen-bond acceptors (Lipinski definition) is 4. The molecule has 2 amide bonds. The van der Waals surface area contributed by atoms with Gasteiger partial charge in [0.1, 0.15) is 11.9 Å². The molecule has 7 heteroatoms. The number of hydrogen-bond donors (Lipinski definition) is 1. The number of benzene rings is 2. The van der Waals surface area contributed by atoms with E-state index in [4.69, 9.17) is 9.47 Å². The molecule has 0 spiro atoms. The summed E-state index contributed by atoms with van der Waals surface area (Å²) in [6, 6.07) is 11.0. The highest BCUT2D eigenvalue weighted by Crippen LogP contribution is 2.32. The smallest absolute Gasteiger partial charge is 0.242 e. The zero-order chi connectivity index (χ0) is 22.2. The van der Waals surface area contributed by atoms with Gasteiger partial charge in [-0.2, -0.15) is 0 Å². The summed E-state index contributed by atoms with van der Waals surface area (Å²) in [5, 5.41) is 2.89. The number of nitrogens with zero attached hydrogens (tertiary/aromatic N) is 1. The van der Waals surface area contributed by atoms with Gasteiger partial charge in [-0.1, -0.05) is 31.5 Å². The second-order valence-electron chi connectivity index (χ2n) is 7.66. The van der Waals surface area contributed by atoms with E-state index < -0.39 is 6.04 Å². The lowest BCUT2D eigenvalue weighted by molar-refractivity contribution is -0.140. The Hall–Kier alpha value is -3.09. The monoisotopic (exact) mass is 428 g/mol. The minimum absolute atomic E-state index is 0.139. The van der Waals surface area contributed by atoms with Gasteiger partial charge in [0.05, 0.1) is 0 Å². The average molecular weight is 429 g/mol. The van der Waals surface area contributed by atoms with Gasteiger partial charge < -0.3 is 19.7 Å². The van der Waals surface area contributed by atoms with E-state index in [9.17, 15) is 14.0 Å². The fraction of sp³-hybridized carbons (Fsp3) is 0.417. The maximum Gasteiger partial charge on any atom is 0.242 e. The van der Waals surface area contributed by atoms with Crippen molar-refractivity contribution in [3.63, 3.8) is 0 Å². The Morgan fingerprint density at radius 3 is 2.55 bits per heavy atom. The summed E-state index contributed by atoms with van der Waals surface area (Å²) in [6.07, 6.45) is 2.61. The minimum Gasteiger partial charge on any atom is -0.454 e. The Bertz CT molecular complexity index is 901. The molecule has 6 nitrogen and oxygen atoms in total. The predicted molar refractivity (Wildman–Crippen MR) is 115 cm³/mol. The first-order valence-electron chi connectivity index (χ1n) is 10.7. The van der Waals surface area contributed by atoms with E-state index >= 15 is 0 Å². The first-order valence-corrected chi connectivity index (χ1v) is 10.7. The number of unbranched alkanes of at least 4 members (excludes halogenated alkanes) is 1. The second kappa shape index (κ2) is 10.8. The lowest BCUT2D eigenvalue weighted by Crippen LogP contribution is -2.47. The van der Waals surface area contributed by atoms with Crippen molar-refractivity contribution in [2.75, 3.05) is 13.3 Å². The highest BCUT2D eigenvalue weighted by Gasteiger charge is 2.26. The van der Waals surface area contributed by atoms with Crippen molar-refractivity contribution in [3.05, 3.63) is 59.4 Å². The summed E-state index contributed by atoms with van der Waals surface area (Å²) in [7, 11) is 0. The number of ether oxygens (including phenoxy) is 2. The number of halogens is 1. The lowest BCUT2D eigenvalue weighted by atomic mass is 10.1. The SMILES string of the molecule is CCCCNC(=O)[C@H](C)N(Cc1ccc(F)cc1)C(=O)CCc1ccc2c(c1)OCO2. The molecule has 0 radical (unpaired) electrons. The largest absolute Gasteiger partial charge is 0.454 e. The molecule has 31 heavy (non-hydrogen) atoms. The van der Waals surface area contributed by atoms with Crippen molar-refractivity contribution in [3.8, 4) is 11.5 Å². The average Bonchev–Trinajstić information content (AvgIpc) is 3.24. The number of amides is 2. The first-order chi connectivity index (χ1) is 15.0. The van der Waals surface area contributed by atoms with Crippen LogP contribution in [0.3, 0.4) is 0 Å². The van der Waals surface area contributed by atoms with Gasteiger partial charge in [0, 0.05) is 19.5 Å². The summed E-state index contributed by atoms with van der Waals surface area (Å²) < 4.78 is 24.0. The van der Waals surface area contributed by atoms with Crippen LogP contribution in [0.1, 0.15) is 44.2 Å². The Labute approximate surface area is 182 Å². The molecular formula is C24H29FN2O4. The summed E-state index contributed by atoms with van der Waals surface area (Å²) in [6.45, 7) is 4.80. The maximum absolute atomic E-state index is 13.3. The molecule has 2 aromatic rings. The van der Waals surface area contributed by atoms with Crippen LogP contribution in [0.25, 0.3) is 0 Å². The molecule has 0 fully saturated rings. The fourth-order valence-electron chi connectivity index (χ4n) is 3.40. The third-order valence-corrected chi connectivity index (χ3v) is 5.33. The zero-order valence-electron chi connectivity index (χ0n) is 18.0. The number of carbonyl (C=O) groups is 2. The van der Waals surface area contributed by atoms with Crippen molar-refractivity contribution >= 4 is 11.8 Å². The van der Waals surface area contributed by atoms with E-state index in [2.05, 4.69) is 12.2 Å². The summed E-state index contributed by atoms with van der Waals surface area (Å²) in [5.74, 6) is 0.712. The van der Waals surface area contributed by atoms with E-state index in [0.29, 0.717) is 24.5 Å². The molecular weight excluding hydrogens is 399 g/mol. The topological polar surface area (TPSA) is 67.9 Å². The van der Waals surface area contributed by atoms with Gasteiger partial charge in [0.2, 0.25) is 18.6 Å². The number of fused-ring (bicyclic) bond motifs is 1. The van der Waals surface area contributed by atoms with Gasteiger partial charge in [-0.05, 0) is 55.2 Å². The van der Waals surface area contributed by atoms with Crippen molar-refractivity contribution in [1.82, 2.24) is 10.2 Å². The Balaban J connectivity index is 1.68. The van der Waals surface area contributed by atoms with Crippen molar-refractivity contribution in [2.45, 2.75) is 52.1 Å². The van der Waals surface area contributed by atoms with Crippen molar-refractivity contribution < 1.29 is 23.5 Å². The summed E-state index contributed by atoms with van der Waals surface area (Å²) >= 11 is 0. The van der Waals surface area contributed by atoms with E-state index in [1.54, 1.807) is 24.0 Å². The van der Waals surface area contributed by atoms with Crippen LogP contribution in [0.15, 0.2) is 42.5 Å². The molecule has 1 aliphatic heterocycles. The van der Waals surface area contributed by atoms with Gasteiger partial charge in [0.15, 0.2) is 11.5 Å². The van der Waals surface area contributed by atoms with Gasteiger partial charge in [-0.3, -0.25) is 9.59 Å². The highest BCUT2D eigenvalue weighted by atomic mass is 19.1. The van der Waals surface area contributed by atoms with Crippen LogP contribution in [0, 0.1) is 5.82 Å². The molecule has 0 saturated carbocycles. The molecule has 0 aliphatic carbocycles. The van der Waals surface area contributed by atoms with Crippen LogP contribution in [0.2, 0.25) is 0 Å². The van der Waals surface area contributed by atoms with Crippen molar-refractivity contribution in [2.24, 2.45) is 0 Å². The minimum atomic E-state index is -0.633. The number of nitrogens with one attached hydrogen (secondary N) is 1. The quantitative estimate of drug-likeness (QED) is 0.584. The van der Waals surface area contributed by atoms with Crippen LogP contribution in [0.4, 0.5) is 4.39 Å². The van der Waals surface area contributed by atoms with Crippen molar-refractivity contribution in [1.29, 1.82) is 0 Å². The first kappa shape index (κ1) is 22.6. The molecule has 166 valence electrons. The summed E-state index contributed by atoms with van der Waals surface area (Å²) in [5.41, 5.74) is 1.73. The Morgan fingerprint density at radius 1 is 1.10 bits per heavy atom. The van der Waals surface area contributed by atoms with E-state index in [0.717, 1.165) is 24.0 Å². The van der Waals surface area contributed by atoms with E-state index in [1.807, 2.05) is 18.2 Å². The molecule has 0 unspecified atom stereocenters. The standard InChI is InChI=1S/C24H29FN2O4/c1-3-4-13-26-24(29)17(2)27(15-19-5-9-20(25)10-6-19)23(28)12-8-18-7-11-21-22(14-18)31-16-30-21/h5-7,9-11,14,17H,3-4,8,12-13,15-16H2,1-2H3,(H,26,29)/t17-/m0/s1. The Morgan fingerprint density at radius 2 is 1.81 bits per heavy atom. The highest BCUT2D eigenvalue weighted by molar-refractivity contribution is 5.87. The summed E-state index contributed by atoms with van der Waals surface area (Å²) in [4.78, 5) is 27.3. The molecule has 1 N–H and O–H groups in total. The normalized spacial score (nSPS) is 13.0. The lowest BCUT2D eigenvalue weighted by Gasteiger charge is -2.29. The molecule has 3 rings (SSSR count). The van der Waals surface area contributed by atoms with E-state index in [-0.39, 0.29) is 37.4 Å². The third-order valence-electron chi connectivity index (χ3n) is 5.33. The molecule has 0 saturated heterocycles. The third kappa shape index (κ3) is 6.20. The fourth-order valence-corrected chi connectivity index (χ4v) is 3.40. The van der Waals surface area contributed by atoms with Gasteiger partial charge in [0.25, 0.3) is 0 Å². The van der Waals surface area contributed by atoms with Gasteiger partial charge in [-0.25, -0.2) is 4.39 Å². The number of rotatable bonds is 10. The number of aryl methyl sites for hydroxylation is 1. The number of carbonyl (C=O) groups excluding carboxylic acids is 2. The van der Waals surface area contributed by atoms with Gasteiger partial charge in [-0.15, -0.1) is 0 Å². The van der Waals surface area contributed by atoms with Crippen LogP contribution in [0.5, 0.6) is 11.5 Å². The second-order valence-corrected chi connectivity index (χ2v) is 7.66. The predicted octanol–water partition coefficient (Wildman–Crippen LogP) is 3.82. The molecule has 1 heterocycles. The van der Waals surface area contributed by atoms with Crippen LogP contribution in [-0.2, 0) is 22.6 Å². The van der Waals surface area contributed by atoms with Crippen LogP contribution in [-0.4, -0.2) is 36.1 Å². The van der Waals surface area contributed by atoms with Crippen LogP contribution >= 0.6 is 0 Å².